The molecule has 1 rings (SSSR count). The number of aliphatic hydroxyl groups is 1. The molecule has 0 amide bonds. The molecule has 1 saturated heterocycles. The number of piperazine rings is 1. The van der Waals surface area contributed by atoms with Crippen molar-refractivity contribution >= 4 is 0 Å². The second kappa shape index (κ2) is 8.08. The molecule has 3 nitrogen and oxygen atoms in total. The summed E-state index contributed by atoms with van der Waals surface area (Å²) in [5.41, 5.74) is 0. The smallest absolute Gasteiger partial charge is 0.0459 e. The molecule has 0 aromatic rings. The minimum atomic E-state index is 0.370. The average molecular weight is 214 g/mol. The van der Waals surface area contributed by atoms with Crippen LogP contribution >= 0.6 is 0 Å². The highest BCUT2D eigenvalue weighted by molar-refractivity contribution is 4.68. The first-order valence-corrected chi connectivity index (χ1v) is 6.40. The second-order valence-corrected chi connectivity index (χ2v) is 4.57. The maximum absolute atomic E-state index is 9.17. The molecular weight excluding hydrogens is 188 g/mol. The molecule has 0 aromatic carbocycles. The topological polar surface area (TPSA) is 35.5 Å². The van der Waals surface area contributed by atoms with E-state index in [-0.39, 0.29) is 0 Å². The summed E-state index contributed by atoms with van der Waals surface area (Å²) in [6.45, 7) is 8.43. The van der Waals surface area contributed by atoms with Crippen LogP contribution in [0, 0.1) is 5.92 Å². The van der Waals surface area contributed by atoms with E-state index in [1.54, 1.807) is 0 Å². The van der Waals surface area contributed by atoms with E-state index in [0.29, 0.717) is 12.5 Å². The van der Waals surface area contributed by atoms with Crippen LogP contribution in [0.25, 0.3) is 0 Å². The fourth-order valence-corrected chi connectivity index (χ4v) is 2.27. The third-order valence-corrected chi connectivity index (χ3v) is 3.25. The van der Waals surface area contributed by atoms with E-state index in [1.807, 2.05) is 0 Å². The van der Waals surface area contributed by atoms with Crippen LogP contribution in [0.3, 0.4) is 0 Å². The molecule has 0 radical (unpaired) electrons. The van der Waals surface area contributed by atoms with E-state index < -0.39 is 0 Å². The first-order valence-electron chi connectivity index (χ1n) is 6.40. The van der Waals surface area contributed by atoms with Crippen LogP contribution < -0.4 is 5.32 Å². The van der Waals surface area contributed by atoms with Gasteiger partial charge in [0.05, 0.1) is 0 Å². The van der Waals surface area contributed by atoms with E-state index in [2.05, 4.69) is 17.1 Å². The third-order valence-electron chi connectivity index (χ3n) is 3.25. The van der Waals surface area contributed by atoms with E-state index in [9.17, 15) is 5.11 Å². The summed E-state index contributed by atoms with van der Waals surface area (Å²) in [5.74, 6) is 0.540. The molecule has 1 fully saturated rings. The lowest BCUT2D eigenvalue weighted by atomic mass is 9.99. The molecular formula is C12H26N2O. The highest BCUT2D eigenvalue weighted by Gasteiger charge is 2.10. The van der Waals surface area contributed by atoms with Crippen molar-refractivity contribution in [1.29, 1.82) is 0 Å². The van der Waals surface area contributed by atoms with Gasteiger partial charge in [-0.05, 0) is 31.7 Å². The van der Waals surface area contributed by atoms with Gasteiger partial charge >= 0.3 is 0 Å². The van der Waals surface area contributed by atoms with E-state index in [0.717, 1.165) is 13.1 Å². The Balaban J connectivity index is 2.03. The Morgan fingerprint density at radius 3 is 2.60 bits per heavy atom. The molecule has 2 N–H and O–H groups in total. The molecule has 0 spiro atoms. The van der Waals surface area contributed by atoms with Gasteiger partial charge < -0.3 is 15.3 Å². The zero-order valence-electron chi connectivity index (χ0n) is 10.0. The summed E-state index contributed by atoms with van der Waals surface area (Å²) in [4.78, 5) is 2.52. The molecule has 1 heterocycles. The minimum Gasteiger partial charge on any atom is -0.396 e. The first kappa shape index (κ1) is 12.9. The highest BCUT2D eigenvalue weighted by Crippen LogP contribution is 2.13. The van der Waals surface area contributed by atoms with Crippen molar-refractivity contribution in [3.63, 3.8) is 0 Å². The van der Waals surface area contributed by atoms with E-state index in [1.165, 1.54) is 45.3 Å². The quantitative estimate of drug-likeness (QED) is 0.666. The monoisotopic (exact) mass is 214 g/mol. The Morgan fingerprint density at radius 2 is 2.00 bits per heavy atom. The Morgan fingerprint density at radius 1 is 1.27 bits per heavy atom. The van der Waals surface area contributed by atoms with E-state index >= 15 is 0 Å². The van der Waals surface area contributed by atoms with Crippen molar-refractivity contribution in [3.05, 3.63) is 0 Å². The molecule has 1 aliphatic heterocycles. The lowest BCUT2D eigenvalue weighted by Gasteiger charge is -2.27. The summed E-state index contributed by atoms with van der Waals surface area (Å²) in [5, 5.41) is 12.5. The Labute approximate surface area is 93.9 Å². The van der Waals surface area contributed by atoms with Gasteiger partial charge in [0.1, 0.15) is 0 Å². The summed E-state index contributed by atoms with van der Waals surface area (Å²) in [7, 11) is 0. The fourth-order valence-electron chi connectivity index (χ4n) is 2.27. The number of nitrogens with zero attached hydrogens (tertiary/aromatic N) is 1. The fraction of sp³-hybridized carbons (Fsp3) is 1.00. The molecule has 1 atom stereocenters. The van der Waals surface area contributed by atoms with Crippen LogP contribution in [0.5, 0.6) is 0 Å². The standard InChI is InChI=1S/C12H26N2O/c1-2-4-12(11-15)5-3-8-14-9-6-13-7-10-14/h12-13,15H,2-11H2,1H3. The van der Waals surface area contributed by atoms with Gasteiger partial charge in [-0.15, -0.1) is 0 Å². The molecule has 1 unspecified atom stereocenters. The number of hydrogen-bond acceptors (Lipinski definition) is 3. The summed E-state index contributed by atoms with van der Waals surface area (Å²) in [6, 6.07) is 0. The summed E-state index contributed by atoms with van der Waals surface area (Å²) >= 11 is 0. The zero-order chi connectivity index (χ0) is 10.9. The van der Waals surface area contributed by atoms with Crippen molar-refractivity contribution in [1.82, 2.24) is 10.2 Å². The Kier molecular flexibility index (Phi) is 6.98. The molecule has 0 bridgehead atoms. The molecule has 1 aliphatic rings. The van der Waals surface area contributed by atoms with Crippen LogP contribution in [0.1, 0.15) is 32.6 Å². The van der Waals surface area contributed by atoms with Gasteiger partial charge in [0.25, 0.3) is 0 Å². The number of aliphatic hydroxyl groups excluding tert-OH is 1. The lowest BCUT2D eigenvalue weighted by molar-refractivity contribution is 0.190. The highest BCUT2D eigenvalue weighted by atomic mass is 16.3. The van der Waals surface area contributed by atoms with Crippen LogP contribution in [0.4, 0.5) is 0 Å². The molecule has 0 aromatic heterocycles. The maximum Gasteiger partial charge on any atom is 0.0459 e. The largest absolute Gasteiger partial charge is 0.396 e. The van der Waals surface area contributed by atoms with Crippen LogP contribution in [0.2, 0.25) is 0 Å². The zero-order valence-corrected chi connectivity index (χ0v) is 10.0. The van der Waals surface area contributed by atoms with E-state index in [4.69, 9.17) is 0 Å². The third kappa shape index (κ3) is 5.50. The summed E-state index contributed by atoms with van der Waals surface area (Å²) in [6.07, 6.45) is 4.80. The Bertz CT molecular complexity index is 142. The number of nitrogens with one attached hydrogen (secondary N) is 1. The molecule has 90 valence electrons. The van der Waals surface area contributed by atoms with Gasteiger partial charge in [-0.2, -0.15) is 0 Å². The Hall–Kier alpha value is -0.120. The van der Waals surface area contributed by atoms with Crippen LogP contribution in [-0.4, -0.2) is 49.3 Å². The normalized spacial score (nSPS) is 20.4. The summed E-state index contributed by atoms with van der Waals surface area (Å²) < 4.78 is 0. The SMILES string of the molecule is CCCC(CO)CCCN1CCNCC1. The predicted octanol–water partition coefficient (Wildman–Crippen LogP) is 1.08. The second-order valence-electron chi connectivity index (χ2n) is 4.57. The van der Waals surface area contributed by atoms with Crippen molar-refractivity contribution in [2.45, 2.75) is 32.6 Å². The van der Waals surface area contributed by atoms with Crippen LogP contribution in [0.15, 0.2) is 0 Å². The molecule has 0 aliphatic carbocycles. The maximum atomic E-state index is 9.17. The molecule has 15 heavy (non-hydrogen) atoms. The van der Waals surface area contributed by atoms with Gasteiger partial charge in [-0.25, -0.2) is 0 Å². The van der Waals surface area contributed by atoms with Crippen LogP contribution in [-0.2, 0) is 0 Å². The lowest BCUT2D eigenvalue weighted by Crippen LogP contribution is -2.43. The van der Waals surface area contributed by atoms with Crippen molar-refractivity contribution < 1.29 is 5.11 Å². The first-order chi connectivity index (χ1) is 7.36. The number of rotatable bonds is 7. The van der Waals surface area contributed by atoms with Gasteiger partial charge in [0.15, 0.2) is 0 Å². The van der Waals surface area contributed by atoms with Crippen molar-refractivity contribution in [2.24, 2.45) is 5.92 Å². The predicted molar refractivity (Wildman–Crippen MR) is 64.0 cm³/mol. The van der Waals surface area contributed by atoms with Gasteiger partial charge in [-0.1, -0.05) is 13.3 Å². The van der Waals surface area contributed by atoms with Crippen molar-refractivity contribution in [3.8, 4) is 0 Å². The molecule has 0 saturated carbocycles. The van der Waals surface area contributed by atoms with Gasteiger partial charge in [0, 0.05) is 32.8 Å². The number of hydrogen-bond donors (Lipinski definition) is 2. The van der Waals surface area contributed by atoms with Crippen molar-refractivity contribution in [2.75, 3.05) is 39.3 Å². The van der Waals surface area contributed by atoms with Gasteiger partial charge in [0.2, 0.25) is 0 Å². The molecule has 3 heteroatoms. The van der Waals surface area contributed by atoms with Gasteiger partial charge in [-0.3, -0.25) is 0 Å². The average Bonchev–Trinajstić information content (AvgIpc) is 2.29. The minimum absolute atomic E-state index is 0.370.